The average molecular weight is 370 g/mol. The zero-order valence-corrected chi connectivity index (χ0v) is 15.7. The highest BCUT2D eigenvalue weighted by molar-refractivity contribution is 7.89. The average Bonchev–Trinajstić information content (AvgIpc) is 2.94. The Morgan fingerprint density at radius 1 is 1.28 bits per heavy atom. The molecule has 2 rings (SSSR count). The number of likely N-dealkylation sites (N-methyl/N-ethyl adjacent to an activating group) is 1. The third-order valence-corrected chi connectivity index (χ3v) is 6.10. The monoisotopic (exact) mass is 370 g/mol. The van der Waals surface area contributed by atoms with E-state index in [0.717, 1.165) is 5.56 Å². The summed E-state index contributed by atoms with van der Waals surface area (Å²) in [6.45, 7) is 1.54. The molecule has 1 saturated heterocycles. The van der Waals surface area contributed by atoms with Gasteiger partial charge in [0.15, 0.2) is 0 Å². The van der Waals surface area contributed by atoms with Gasteiger partial charge in [0.1, 0.15) is 0 Å². The number of nitrogens with one attached hydrogen (secondary N) is 1. The number of hydrogen-bond acceptors (Lipinski definition) is 6. The van der Waals surface area contributed by atoms with E-state index in [0.29, 0.717) is 19.8 Å². The molecule has 9 heteroatoms. The number of rotatable bonds is 8. The predicted molar refractivity (Wildman–Crippen MR) is 94.3 cm³/mol. The van der Waals surface area contributed by atoms with Crippen molar-refractivity contribution in [1.82, 2.24) is 19.5 Å². The maximum absolute atomic E-state index is 12.3. The maximum Gasteiger partial charge on any atom is 0.234 e. The number of hydrogen-bond donors (Lipinski definition) is 1. The Bertz CT molecular complexity index is 666. The minimum absolute atomic E-state index is 0.0300. The molecule has 1 amide bonds. The first-order valence-electron chi connectivity index (χ1n) is 8.12. The highest BCUT2D eigenvalue weighted by Crippen LogP contribution is 2.17. The normalized spacial score (nSPS) is 21.0. The van der Waals surface area contributed by atoms with E-state index in [4.69, 9.17) is 4.74 Å². The minimum atomic E-state index is -3.33. The topological polar surface area (TPSA) is 91.8 Å². The molecule has 1 N–H and O–H groups in total. The number of carbonyl (C=O) groups is 1. The van der Waals surface area contributed by atoms with E-state index in [1.165, 1.54) is 18.4 Å². The first kappa shape index (κ1) is 19.8. The molecule has 2 heterocycles. The van der Waals surface area contributed by atoms with Gasteiger partial charge in [-0.3, -0.25) is 14.7 Å². The molecule has 1 aromatic heterocycles. The zero-order valence-electron chi connectivity index (χ0n) is 14.9. The second kappa shape index (κ2) is 8.70. The van der Waals surface area contributed by atoms with E-state index < -0.39 is 10.0 Å². The number of amides is 1. The Labute approximate surface area is 149 Å². The second-order valence-electron chi connectivity index (χ2n) is 6.56. The van der Waals surface area contributed by atoms with Crippen LogP contribution in [0.2, 0.25) is 0 Å². The van der Waals surface area contributed by atoms with Crippen LogP contribution < -0.4 is 5.32 Å². The molecule has 25 heavy (non-hydrogen) atoms. The van der Waals surface area contributed by atoms with Crippen LogP contribution in [0.1, 0.15) is 5.56 Å². The number of carbonyl (C=O) groups excluding carboxylic acids is 1. The van der Waals surface area contributed by atoms with Crippen LogP contribution in [0.15, 0.2) is 24.5 Å². The fourth-order valence-corrected chi connectivity index (χ4v) is 3.86. The molecular weight excluding hydrogens is 344 g/mol. The summed E-state index contributed by atoms with van der Waals surface area (Å²) in [5.41, 5.74) is 1.07. The van der Waals surface area contributed by atoms with Crippen LogP contribution in [-0.2, 0) is 26.1 Å². The predicted octanol–water partition coefficient (Wildman–Crippen LogP) is -0.464. The van der Waals surface area contributed by atoms with Crippen molar-refractivity contribution in [2.75, 3.05) is 46.7 Å². The van der Waals surface area contributed by atoms with Crippen molar-refractivity contribution in [1.29, 1.82) is 0 Å². The van der Waals surface area contributed by atoms with Crippen molar-refractivity contribution in [3.8, 4) is 0 Å². The molecule has 0 radical (unpaired) electrons. The van der Waals surface area contributed by atoms with E-state index in [-0.39, 0.29) is 30.2 Å². The fourth-order valence-electron chi connectivity index (χ4n) is 2.70. The molecule has 140 valence electrons. The number of nitrogens with zero attached hydrogens (tertiary/aromatic N) is 3. The quantitative estimate of drug-likeness (QED) is 0.666. The standard InChI is InChI=1S/C16H26N4O4S/c1-19(2)25(22,23)12-14-10-24-11-15(14)18-16(21)9-20(3)8-13-4-6-17-7-5-13/h4-7,14-15H,8-12H2,1-3H3,(H,18,21)/t14-,15+/m0/s1. The van der Waals surface area contributed by atoms with Crippen LogP contribution in [0.5, 0.6) is 0 Å². The van der Waals surface area contributed by atoms with Crippen LogP contribution in [0.4, 0.5) is 0 Å². The lowest BCUT2D eigenvalue weighted by Gasteiger charge is -2.22. The van der Waals surface area contributed by atoms with Crippen molar-refractivity contribution in [2.24, 2.45) is 5.92 Å². The van der Waals surface area contributed by atoms with E-state index >= 15 is 0 Å². The molecule has 1 aliphatic rings. The molecule has 8 nitrogen and oxygen atoms in total. The summed E-state index contributed by atoms with van der Waals surface area (Å²) >= 11 is 0. The number of pyridine rings is 1. The van der Waals surface area contributed by atoms with Gasteiger partial charge in [0.25, 0.3) is 0 Å². The van der Waals surface area contributed by atoms with Crippen molar-refractivity contribution < 1.29 is 17.9 Å². The number of aromatic nitrogens is 1. The van der Waals surface area contributed by atoms with Gasteiger partial charge in [-0.1, -0.05) is 0 Å². The molecule has 1 fully saturated rings. The molecule has 2 atom stereocenters. The third kappa shape index (κ3) is 6.03. The summed E-state index contributed by atoms with van der Waals surface area (Å²) < 4.78 is 30.7. The van der Waals surface area contributed by atoms with E-state index in [2.05, 4.69) is 10.3 Å². The van der Waals surface area contributed by atoms with Gasteiger partial charge < -0.3 is 10.1 Å². The highest BCUT2D eigenvalue weighted by atomic mass is 32.2. The van der Waals surface area contributed by atoms with Crippen molar-refractivity contribution in [3.05, 3.63) is 30.1 Å². The molecule has 0 aliphatic carbocycles. The Hall–Kier alpha value is -1.55. The largest absolute Gasteiger partial charge is 0.379 e. The molecule has 1 aromatic rings. The van der Waals surface area contributed by atoms with Crippen LogP contribution in [0, 0.1) is 5.92 Å². The van der Waals surface area contributed by atoms with Crippen LogP contribution in [0.3, 0.4) is 0 Å². The summed E-state index contributed by atoms with van der Waals surface area (Å²) in [5, 5.41) is 2.91. The summed E-state index contributed by atoms with van der Waals surface area (Å²) in [6, 6.07) is 3.53. The van der Waals surface area contributed by atoms with Gasteiger partial charge in [-0.05, 0) is 24.7 Å². The Balaban J connectivity index is 1.84. The first-order valence-corrected chi connectivity index (χ1v) is 9.73. The third-order valence-electron chi connectivity index (χ3n) is 4.14. The van der Waals surface area contributed by atoms with Gasteiger partial charge in [0.05, 0.1) is 31.6 Å². The fraction of sp³-hybridized carbons (Fsp3) is 0.625. The minimum Gasteiger partial charge on any atom is -0.379 e. The molecule has 0 spiro atoms. The van der Waals surface area contributed by atoms with Gasteiger partial charge in [0, 0.05) is 39.0 Å². The Morgan fingerprint density at radius 3 is 2.60 bits per heavy atom. The molecule has 1 aliphatic heterocycles. The maximum atomic E-state index is 12.3. The number of ether oxygens (including phenoxy) is 1. The van der Waals surface area contributed by atoms with Gasteiger partial charge in [-0.15, -0.1) is 0 Å². The second-order valence-corrected chi connectivity index (χ2v) is 8.79. The van der Waals surface area contributed by atoms with E-state index in [1.807, 2.05) is 24.1 Å². The smallest absolute Gasteiger partial charge is 0.234 e. The molecule has 0 unspecified atom stereocenters. The SMILES string of the molecule is CN(CC(=O)N[C@@H]1COC[C@H]1CS(=O)(=O)N(C)C)Cc1ccncc1. The van der Waals surface area contributed by atoms with Gasteiger partial charge in [-0.2, -0.15) is 0 Å². The lowest BCUT2D eigenvalue weighted by molar-refractivity contribution is -0.123. The van der Waals surface area contributed by atoms with Gasteiger partial charge in [0.2, 0.25) is 15.9 Å². The summed E-state index contributed by atoms with van der Waals surface area (Å²) in [5.74, 6) is -0.404. The lowest BCUT2D eigenvalue weighted by Crippen LogP contribution is -2.46. The van der Waals surface area contributed by atoms with Crippen LogP contribution in [-0.4, -0.2) is 81.2 Å². The summed E-state index contributed by atoms with van der Waals surface area (Å²) in [7, 11) is 1.55. The summed E-state index contributed by atoms with van der Waals surface area (Å²) in [6.07, 6.45) is 3.43. The zero-order chi connectivity index (χ0) is 18.4. The van der Waals surface area contributed by atoms with Crippen molar-refractivity contribution in [3.63, 3.8) is 0 Å². The van der Waals surface area contributed by atoms with Crippen molar-refractivity contribution in [2.45, 2.75) is 12.6 Å². The van der Waals surface area contributed by atoms with Gasteiger partial charge in [-0.25, -0.2) is 12.7 Å². The Kier molecular flexibility index (Phi) is 6.88. The highest BCUT2D eigenvalue weighted by Gasteiger charge is 2.34. The summed E-state index contributed by atoms with van der Waals surface area (Å²) in [4.78, 5) is 18.1. The van der Waals surface area contributed by atoms with Gasteiger partial charge >= 0.3 is 0 Å². The molecular formula is C16H26N4O4S. The lowest BCUT2D eigenvalue weighted by atomic mass is 10.1. The van der Waals surface area contributed by atoms with E-state index in [1.54, 1.807) is 12.4 Å². The van der Waals surface area contributed by atoms with Crippen molar-refractivity contribution >= 4 is 15.9 Å². The molecule has 0 saturated carbocycles. The molecule has 0 bridgehead atoms. The first-order chi connectivity index (χ1) is 11.8. The van der Waals surface area contributed by atoms with E-state index in [9.17, 15) is 13.2 Å². The van der Waals surface area contributed by atoms with Crippen LogP contribution >= 0.6 is 0 Å². The number of sulfonamides is 1. The van der Waals surface area contributed by atoms with Crippen LogP contribution in [0.25, 0.3) is 0 Å². The Morgan fingerprint density at radius 2 is 1.96 bits per heavy atom. The molecule has 0 aromatic carbocycles.